The van der Waals surface area contributed by atoms with Gasteiger partial charge in [-0.1, -0.05) is 6.07 Å². The highest BCUT2D eigenvalue weighted by atomic mass is 19.1. The molecule has 0 aliphatic heterocycles. The van der Waals surface area contributed by atoms with Crippen molar-refractivity contribution in [1.29, 1.82) is 0 Å². The number of amides is 1. The number of allylic oxidation sites excluding steroid dienone is 1. The number of halogens is 3. The quantitative estimate of drug-likeness (QED) is 0.576. The number of aromatic nitrogens is 2. The van der Waals surface area contributed by atoms with E-state index in [4.69, 9.17) is 0 Å². The van der Waals surface area contributed by atoms with E-state index in [2.05, 4.69) is 16.0 Å². The summed E-state index contributed by atoms with van der Waals surface area (Å²) in [5, 5.41) is 2.54. The maximum atomic E-state index is 14.2. The van der Waals surface area contributed by atoms with Crippen LogP contribution in [0.3, 0.4) is 0 Å². The second-order valence-corrected chi connectivity index (χ2v) is 7.91. The number of hydrogen-bond donors (Lipinski definition) is 2. The third-order valence-corrected chi connectivity index (χ3v) is 5.70. The van der Waals surface area contributed by atoms with E-state index in [1.165, 1.54) is 19.1 Å². The lowest BCUT2D eigenvalue weighted by molar-refractivity contribution is -0.126. The third-order valence-electron chi connectivity index (χ3n) is 5.70. The Morgan fingerprint density at radius 2 is 1.88 bits per heavy atom. The first-order chi connectivity index (χ1) is 15.8. The summed E-state index contributed by atoms with van der Waals surface area (Å²) in [4.78, 5) is 41.9. The van der Waals surface area contributed by atoms with Gasteiger partial charge in [-0.15, -0.1) is 5.73 Å². The molecular weight excluding hydrogens is 435 g/mol. The van der Waals surface area contributed by atoms with Crippen molar-refractivity contribution < 1.29 is 18.0 Å². The zero-order valence-corrected chi connectivity index (χ0v) is 17.6. The molecule has 3 atom stereocenters. The lowest BCUT2D eigenvalue weighted by atomic mass is 9.90. The van der Waals surface area contributed by atoms with E-state index in [9.17, 15) is 27.6 Å². The molecule has 1 unspecified atom stereocenters. The predicted molar refractivity (Wildman–Crippen MR) is 116 cm³/mol. The maximum absolute atomic E-state index is 14.2. The first-order valence-electron chi connectivity index (χ1n) is 10.4. The average molecular weight is 455 g/mol. The van der Waals surface area contributed by atoms with E-state index >= 15 is 0 Å². The number of hydrogen-bond acceptors (Lipinski definition) is 3. The molecule has 33 heavy (non-hydrogen) atoms. The number of nitrogens with one attached hydrogen (secondary N) is 2. The fourth-order valence-electron chi connectivity index (χ4n) is 4.07. The molecule has 6 nitrogen and oxygen atoms in total. The number of aromatic amines is 1. The van der Waals surface area contributed by atoms with E-state index < -0.39 is 52.6 Å². The van der Waals surface area contributed by atoms with Crippen LogP contribution in [0.25, 0.3) is 10.9 Å². The monoisotopic (exact) mass is 455 g/mol. The SMILES string of the molecule is C[C@H](NC(=O)[C@H](C1C=C=CCC1)n1c(=O)[nH]c2ccc(F)cc2c1=O)c1ccc(F)cc1F. The third kappa shape index (κ3) is 4.40. The zero-order chi connectivity index (χ0) is 23.7. The summed E-state index contributed by atoms with van der Waals surface area (Å²) in [6.45, 7) is 1.50. The van der Waals surface area contributed by atoms with Gasteiger partial charge >= 0.3 is 5.69 Å². The van der Waals surface area contributed by atoms with Crippen molar-refractivity contribution in [1.82, 2.24) is 14.9 Å². The van der Waals surface area contributed by atoms with Gasteiger partial charge < -0.3 is 10.3 Å². The fraction of sp³-hybridized carbons (Fsp3) is 0.250. The molecule has 0 bridgehead atoms. The predicted octanol–water partition coefficient (Wildman–Crippen LogP) is 3.65. The molecule has 9 heteroatoms. The Hall–Kier alpha value is -3.84. The highest BCUT2D eigenvalue weighted by Gasteiger charge is 2.33. The number of nitrogens with zero attached hydrogens (tertiary/aromatic N) is 1. The number of H-pyrrole nitrogens is 1. The molecular formula is C24H20F3N3O3. The van der Waals surface area contributed by atoms with Crippen LogP contribution in [-0.4, -0.2) is 15.5 Å². The lowest BCUT2D eigenvalue weighted by Crippen LogP contribution is -2.47. The van der Waals surface area contributed by atoms with Gasteiger partial charge in [0, 0.05) is 17.5 Å². The number of fused-ring (bicyclic) bond motifs is 1. The van der Waals surface area contributed by atoms with Gasteiger partial charge in [-0.2, -0.15) is 0 Å². The van der Waals surface area contributed by atoms with Crippen molar-refractivity contribution >= 4 is 16.8 Å². The molecule has 2 aromatic carbocycles. The summed E-state index contributed by atoms with van der Waals surface area (Å²) in [6.07, 6.45) is 4.39. The summed E-state index contributed by atoms with van der Waals surface area (Å²) in [5.74, 6) is -3.53. The summed E-state index contributed by atoms with van der Waals surface area (Å²) in [7, 11) is 0. The van der Waals surface area contributed by atoms with Crippen LogP contribution in [0, 0.1) is 23.4 Å². The molecule has 4 rings (SSSR count). The molecule has 0 spiro atoms. The van der Waals surface area contributed by atoms with Crippen LogP contribution in [0.5, 0.6) is 0 Å². The van der Waals surface area contributed by atoms with Crippen LogP contribution >= 0.6 is 0 Å². The minimum Gasteiger partial charge on any atom is -0.348 e. The maximum Gasteiger partial charge on any atom is 0.329 e. The molecule has 2 N–H and O–H groups in total. The molecule has 0 fully saturated rings. The van der Waals surface area contributed by atoms with Gasteiger partial charge in [0.1, 0.15) is 23.5 Å². The normalized spacial score (nSPS) is 17.2. The first-order valence-corrected chi connectivity index (χ1v) is 10.4. The van der Waals surface area contributed by atoms with Crippen LogP contribution in [0.1, 0.15) is 37.4 Å². The smallest absolute Gasteiger partial charge is 0.329 e. The number of benzene rings is 2. The zero-order valence-electron chi connectivity index (χ0n) is 17.6. The Kier molecular flexibility index (Phi) is 6.07. The standard InChI is InChI=1S/C24H20F3N3O3/c1-13(17-9-7-16(26)12-19(17)27)28-22(31)21(14-5-3-2-4-6-14)30-23(32)18-11-15(25)8-10-20(18)29-24(30)33/h2,6-14,21H,3,5H2,1H3,(H,28,31)(H,29,33)/t13-,14?,21-/m0/s1. The van der Waals surface area contributed by atoms with Crippen molar-refractivity contribution in [2.75, 3.05) is 0 Å². The molecule has 1 aliphatic rings. The van der Waals surface area contributed by atoms with Crippen molar-refractivity contribution in [2.24, 2.45) is 5.92 Å². The summed E-state index contributed by atoms with van der Waals surface area (Å²) in [6, 6.07) is 4.20. The second kappa shape index (κ2) is 8.96. The van der Waals surface area contributed by atoms with Crippen LogP contribution in [-0.2, 0) is 4.79 Å². The Balaban J connectivity index is 1.79. The Morgan fingerprint density at radius 1 is 1.15 bits per heavy atom. The second-order valence-electron chi connectivity index (χ2n) is 7.91. The molecule has 1 aliphatic carbocycles. The molecule has 0 saturated heterocycles. The van der Waals surface area contributed by atoms with Crippen molar-refractivity contribution in [2.45, 2.75) is 31.8 Å². The van der Waals surface area contributed by atoms with Crippen molar-refractivity contribution in [3.8, 4) is 0 Å². The van der Waals surface area contributed by atoms with Gasteiger partial charge in [-0.05, 0) is 56.2 Å². The molecule has 1 amide bonds. The van der Waals surface area contributed by atoms with Crippen LogP contribution in [0.4, 0.5) is 13.2 Å². The highest BCUT2D eigenvalue weighted by Crippen LogP contribution is 2.27. The largest absolute Gasteiger partial charge is 0.348 e. The van der Waals surface area contributed by atoms with Crippen molar-refractivity contribution in [3.05, 3.63) is 98.1 Å². The molecule has 170 valence electrons. The van der Waals surface area contributed by atoms with Crippen LogP contribution in [0.15, 0.2) is 63.9 Å². The van der Waals surface area contributed by atoms with E-state index in [-0.39, 0.29) is 16.5 Å². The van der Waals surface area contributed by atoms with E-state index in [0.717, 1.165) is 22.8 Å². The van der Waals surface area contributed by atoms with Crippen LogP contribution in [0.2, 0.25) is 0 Å². The van der Waals surface area contributed by atoms with E-state index in [0.29, 0.717) is 18.9 Å². The number of carbonyl (C=O) groups is 1. The summed E-state index contributed by atoms with van der Waals surface area (Å²) in [5.41, 5.74) is 1.44. The van der Waals surface area contributed by atoms with Gasteiger partial charge in [-0.3, -0.25) is 9.59 Å². The van der Waals surface area contributed by atoms with E-state index in [1.807, 2.05) is 0 Å². The van der Waals surface area contributed by atoms with Gasteiger partial charge in [0.2, 0.25) is 5.91 Å². The first kappa shape index (κ1) is 22.4. The molecule has 3 aromatic rings. The fourth-order valence-corrected chi connectivity index (χ4v) is 4.07. The molecule has 0 radical (unpaired) electrons. The Labute approximate surface area is 186 Å². The molecule has 1 heterocycles. The molecule has 0 saturated carbocycles. The molecule has 1 aromatic heterocycles. The Bertz CT molecular complexity index is 1420. The van der Waals surface area contributed by atoms with Gasteiger partial charge in [0.15, 0.2) is 0 Å². The topological polar surface area (TPSA) is 84.0 Å². The minimum atomic E-state index is -1.29. The highest BCUT2D eigenvalue weighted by molar-refractivity contribution is 5.82. The van der Waals surface area contributed by atoms with Crippen LogP contribution < -0.4 is 16.6 Å². The summed E-state index contributed by atoms with van der Waals surface area (Å²) >= 11 is 0. The Morgan fingerprint density at radius 3 is 2.58 bits per heavy atom. The average Bonchev–Trinajstić information content (AvgIpc) is 2.77. The van der Waals surface area contributed by atoms with Crippen molar-refractivity contribution in [3.63, 3.8) is 0 Å². The van der Waals surface area contributed by atoms with Gasteiger partial charge in [0.25, 0.3) is 5.56 Å². The van der Waals surface area contributed by atoms with E-state index in [1.54, 1.807) is 12.2 Å². The number of carbonyl (C=O) groups excluding carboxylic acids is 1. The van der Waals surface area contributed by atoms with Gasteiger partial charge in [-0.25, -0.2) is 22.5 Å². The van der Waals surface area contributed by atoms with Gasteiger partial charge in [0.05, 0.1) is 16.9 Å². The summed E-state index contributed by atoms with van der Waals surface area (Å²) < 4.78 is 42.0. The lowest BCUT2D eigenvalue weighted by Gasteiger charge is -2.27. The number of rotatable bonds is 5. The minimum absolute atomic E-state index is 0.0458.